The van der Waals surface area contributed by atoms with Gasteiger partial charge in [0.1, 0.15) is 0 Å². The molecule has 0 saturated carbocycles. The zero-order valence-electron chi connectivity index (χ0n) is 15.7. The van der Waals surface area contributed by atoms with Crippen LogP contribution in [-0.2, 0) is 6.54 Å². The van der Waals surface area contributed by atoms with Crippen LogP contribution in [0.4, 0.5) is 14.5 Å². The second-order valence-electron chi connectivity index (χ2n) is 6.65. The average molecular weight is 405 g/mol. The molecule has 4 rings (SSSR count). The van der Waals surface area contributed by atoms with Crippen LogP contribution in [0.25, 0.3) is 16.9 Å². The summed E-state index contributed by atoms with van der Waals surface area (Å²) < 4.78 is 28.8. The van der Waals surface area contributed by atoms with Gasteiger partial charge in [-0.15, -0.1) is 0 Å². The van der Waals surface area contributed by atoms with Gasteiger partial charge < -0.3 is 10.4 Å². The fraction of sp³-hybridized carbons (Fsp3) is 0.0435. The van der Waals surface area contributed by atoms with E-state index >= 15 is 0 Å². The Labute approximate surface area is 171 Å². The first-order valence-corrected chi connectivity index (χ1v) is 9.18. The number of carbonyl (C=O) groups is 1. The van der Waals surface area contributed by atoms with E-state index in [1.165, 1.54) is 18.2 Å². The third kappa shape index (κ3) is 4.05. The molecule has 0 radical (unpaired) electrons. The van der Waals surface area contributed by atoms with Gasteiger partial charge in [0.25, 0.3) is 0 Å². The second-order valence-corrected chi connectivity index (χ2v) is 6.65. The Morgan fingerprint density at radius 2 is 1.70 bits per heavy atom. The predicted octanol–water partition coefficient (Wildman–Crippen LogP) is 5.13. The lowest BCUT2D eigenvalue weighted by molar-refractivity contribution is 0.0697. The Balaban J connectivity index is 1.72. The van der Waals surface area contributed by atoms with E-state index in [1.54, 1.807) is 23.0 Å². The van der Waals surface area contributed by atoms with Crippen molar-refractivity contribution in [3.63, 3.8) is 0 Å². The molecule has 150 valence electrons. The van der Waals surface area contributed by atoms with Gasteiger partial charge in [-0.25, -0.2) is 18.3 Å². The minimum Gasteiger partial charge on any atom is -0.478 e. The van der Waals surface area contributed by atoms with Crippen molar-refractivity contribution in [2.24, 2.45) is 0 Å². The zero-order chi connectivity index (χ0) is 21.1. The van der Waals surface area contributed by atoms with Crippen LogP contribution >= 0.6 is 0 Å². The largest absolute Gasteiger partial charge is 0.478 e. The van der Waals surface area contributed by atoms with Crippen molar-refractivity contribution in [2.45, 2.75) is 6.54 Å². The fourth-order valence-corrected chi connectivity index (χ4v) is 3.07. The van der Waals surface area contributed by atoms with Crippen LogP contribution in [0.2, 0.25) is 0 Å². The number of halogens is 2. The van der Waals surface area contributed by atoms with Gasteiger partial charge in [-0.1, -0.05) is 18.2 Å². The number of nitrogens with one attached hydrogen (secondary N) is 1. The summed E-state index contributed by atoms with van der Waals surface area (Å²) in [7, 11) is 0. The standard InChI is InChI=1S/C23H17F2N3O2/c24-20-11-8-16(12-21(20)25)22-17(13-26-18-4-2-1-3-5-18)14-28(27-22)19-9-6-15(7-10-19)23(29)30/h1-12,14,26H,13H2,(H,29,30). The Kier molecular flexibility index (Phi) is 5.26. The van der Waals surface area contributed by atoms with Gasteiger partial charge in [-0.3, -0.25) is 0 Å². The molecular weight excluding hydrogens is 388 g/mol. The van der Waals surface area contributed by atoms with Gasteiger partial charge in [0.2, 0.25) is 0 Å². The summed E-state index contributed by atoms with van der Waals surface area (Å²) in [5.74, 6) is -2.89. The summed E-state index contributed by atoms with van der Waals surface area (Å²) in [4.78, 5) is 11.1. The maximum absolute atomic E-state index is 13.8. The molecule has 0 saturated heterocycles. The van der Waals surface area contributed by atoms with Gasteiger partial charge >= 0.3 is 5.97 Å². The predicted molar refractivity (Wildman–Crippen MR) is 110 cm³/mol. The fourth-order valence-electron chi connectivity index (χ4n) is 3.07. The minimum atomic E-state index is -1.02. The van der Waals surface area contributed by atoms with Crippen LogP contribution in [0.3, 0.4) is 0 Å². The van der Waals surface area contributed by atoms with E-state index in [4.69, 9.17) is 5.11 Å². The molecule has 0 fully saturated rings. The van der Waals surface area contributed by atoms with Crippen LogP contribution in [0.15, 0.2) is 79.0 Å². The van der Waals surface area contributed by atoms with Crippen molar-refractivity contribution in [1.29, 1.82) is 0 Å². The second kappa shape index (κ2) is 8.16. The summed E-state index contributed by atoms with van der Waals surface area (Å²) in [6.45, 7) is 0.408. The van der Waals surface area contributed by atoms with E-state index in [2.05, 4.69) is 10.4 Å². The van der Waals surface area contributed by atoms with Crippen molar-refractivity contribution in [3.05, 3.63) is 102 Å². The lowest BCUT2D eigenvalue weighted by Gasteiger charge is -2.06. The molecule has 3 aromatic carbocycles. The number of rotatable bonds is 6. The average Bonchev–Trinajstić information content (AvgIpc) is 3.19. The van der Waals surface area contributed by atoms with E-state index in [1.807, 2.05) is 30.3 Å². The van der Waals surface area contributed by atoms with Crippen LogP contribution in [0, 0.1) is 11.6 Å². The summed E-state index contributed by atoms with van der Waals surface area (Å²) in [6.07, 6.45) is 1.78. The molecule has 5 nitrogen and oxygen atoms in total. The zero-order valence-corrected chi connectivity index (χ0v) is 15.7. The van der Waals surface area contributed by atoms with Crippen molar-refractivity contribution in [3.8, 4) is 16.9 Å². The third-order valence-corrected chi connectivity index (χ3v) is 4.62. The highest BCUT2D eigenvalue weighted by molar-refractivity contribution is 5.87. The highest BCUT2D eigenvalue weighted by Crippen LogP contribution is 2.26. The van der Waals surface area contributed by atoms with E-state index in [9.17, 15) is 13.6 Å². The van der Waals surface area contributed by atoms with Crippen LogP contribution in [0.1, 0.15) is 15.9 Å². The van der Waals surface area contributed by atoms with E-state index < -0.39 is 17.6 Å². The number of carboxylic acid groups (broad SMARTS) is 1. The maximum Gasteiger partial charge on any atom is 0.335 e. The molecule has 30 heavy (non-hydrogen) atoms. The highest BCUT2D eigenvalue weighted by Gasteiger charge is 2.15. The molecule has 4 aromatic rings. The number of carboxylic acids is 1. The Morgan fingerprint density at radius 1 is 0.967 bits per heavy atom. The molecule has 1 heterocycles. The molecule has 0 bridgehead atoms. The monoisotopic (exact) mass is 405 g/mol. The topological polar surface area (TPSA) is 67.2 Å². The number of benzene rings is 3. The molecule has 0 aliphatic heterocycles. The van der Waals surface area contributed by atoms with Crippen molar-refractivity contribution in [2.75, 3.05) is 5.32 Å². The smallest absolute Gasteiger partial charge is 0.335 e. The lowest BCUT2D eigenvalue weighted by atomic mass is 10.1. The van der Waals surface area contributed by atoms with E-state index in [0.29, 0.717) is 23.5 Å². The first-order valence-electron chi connectivity index (χ1n) is 9.18. The summed E-state index contributed by atoms with van der Waals surface area (Å²) in [5, 5.41) is 16.9. The molecule has 0 aliphatic carbocycles. The molecule has 0 atom stereocenters. The number of para-hydroxylation sites is 1. The lowest BCUT2D eigenvalue weighted by Crippen LogP contribution is -2.00. The summed E-state index contributed by atoms with van der Waals surface area (Å²) >= 11 is 0. The van der Waals surface area contributed by atoms with Crippen LogP contribution in [0.5, 0.6) is 0 Å². The quantitative estimate of drug-likeness (QED) is 0.467. The van der Waals surface area contributed by atoms with Gasteiger partial charge in [0.15, 0.2) is 11.6 Å². The maximum atomic E-state index is 13.8. The SMILES string of the molecule is O=C(O)c1ccc(-n2cc(CNc3ccccc3)c(-c3ccc(F)c(F)c3)n2)cc1. The molecule has 0 unspecified atom stereocenters. The third-order valence-electron chi connectivity index (χ3n) is 4.62. The molecule has 0 spiro atoms. The molecular formula is C23H17F2N3O2. The van der Waals surface area contributed by atoms with Crippen molar-refractivity contribution >= 4 is 11.7 Å². The summed E-state index contributed by atoms with van der Waals surface area (Å²) in [6, 6.07) is 19.5. The first kappa shape index (κ1) is 19.3. The van der Waals surface area contributed by atoms with Crippen LogP contribution < -0.4 is 5.32 Å². The first-order chi connectivity index (χ1) is 14.5. The number of aromatic nitrogens is 2. The highest BCUT2D eigenvalue weighted by atomic mass is 19.2. The van der Waals surface area contributed by atoms with Crippen molar-refractivity contribution in [1.82, 2.24) is 9.78 Å². The number of nitrogens with zero attached hydrogens (tertiary/aromatic N) is 2. The van der Waals surface area contributed by atoms with Crippen LogP contribution in [-0.4, -0.2) is 20.9 Å². The molecule has 1 aromatic heterocycles. The molecule has 7 heteroatoms. The van der Waals surface area contributed by atoms with E-state index in [0.717, 1.165) is 23.4 Å². The minimum absolute atomic E-state index is 0.165. The molecule has 0 amide bonds. The normalized spacial score (nSPS) is 10.7. The molecule has 2 N–H and O–H groups in total. The number of hydrogen-bond donors (Lipinski definition) is 2. The Bertz CT molecular complexity index is 1190. The van der Waals surface area contributed by atoms with Gasteiger partial charge in [-0.2, -0.15) is 5.10 Å². The van der Waals surface area contributed by atoms with Gasteiger partial charge in [0, 0.05) is 29.6 Å². The van der Waals surface area contributed by atoms with Gasteiger partial charge in [0.05, 0.1) is 16.9 Å². The van der Waals surface area contributed by atoms with E-state index in [-0.39, 0.29) is 5.56 Å². The number of hydrogen-bond acceptors (Lipinski definition) is 3. The molecule has 0 aliphatic rings. The van der Waals surface area contributed by atoms with Crippen molar-refractivity contribution < 1.29 is 18.7 Å². The number of anilines is 1. The number of aromatic carboxylic acids is 1. The summed E-state index contributed by atoms with van der Waals surface area (Å²) in [5.41, 5.74) is 3.44. The van der Waals surface area contributed by atoms with Gasteiger partial charge in [-0.05, 0) is 54.6 Å². The Morgan fingerprint density at radius 3 is 2.37 bits per heavy atom. The Hall–Kier alpha value is -4.00.